The summed E-state index contributed by atoms with van der Waals surface area (Å²) in [7, 11) is 0. The first-order valence-corrected chi connectivity index (χ1v) is 7.30. The Hall–Kier alpha value is -1.85. The van der Waals surface area contributed by atoms with Gasteiger partial charge < -0.3 is 14.4 Å². The molecule has 1 aliphatic heterocycles. The highest BCUT2D eigenvalue weighted by Gasteiger charge is 2.53. The molecule has 21 heavy (non-hydrogen) atoms. The molecule has 6 nitrogen and oxygen atoms in total. The molecule has 1 amide bonds. The summed E-state index contributed by atoms with van der Waals surface area (Å²) >= 11 is 0. The first-order chi connectivity index (χ1) is 9.89. The number of ether oxygens (including phenoxy) is 2. The molecular formula is C15H23NO5. The van der Waals surface area contributed by atoms with E-state index < -0.39 is 17.5 Å². The molecule has 0 saturated carbocycles. The van der Waals surface area contributed by atoms with Crippen LogP contribution < -0.4 is 0 Å². The van der Waals surface area contributed by atoms with Crippen molar-refractivity contribution in [2.75, 3.05) is 19.7 Å². The molecule has 118 valence electrons. The Bertz CT molecular complexity index is 478. The fourth-order valence-corrected chi connectivity index (χ4v) is 2.54. The van der Waals surface area contributed by atoms with Gasteiger partial charge in [0, 0.05) is 18.7 Å². The van der Waals surface area contributed by atoms with Gasteiger partial charge in [0.15, 0.2) is 0 Å². The summed E-state index contributed by atoms with van der Waals surface area (Å²) in [4.78, 5) is 38.2. The number of amides is 1. The van der Waals surface area contributed by atoms with Crippen LogP contribution in [0.3, 0.4) is 0 Å². The summed E-state index contributed by atoms with van der Waals surface area (Å²) < 4.78 is 10.2. The molecule has 0 unspecified atom stereocenters. The van der Waals surface area contributed by atoms with Crippen LogP contribution in [0.4, 0.5) is 0 Å². The van der Waals surface area contributed by atoms with E-state index in [1.165, 1.54) is 0 Å². The van der Waals surface area contributed by atoms with Crippen LogP contribution in [0.15, 0.2) is 11.1 Å². The standard InChI is InChI=1S/C15H23NO5/c1-6-15(14(19)16(7-2)8-3)10(5)11(13(18)21-15)12(17)20-9-4/h6-9H2,1-5H3/t15-/m1/s1. The second kappa shape index (κ2) is 6.74. The monoisotopic (exact) mass is 297 g/mol. The number of esters is 2. The lowest BCUT2D eigenvalue weighted by Gasteiger charge is -2.32. The van der Waals surface area contributed by atoms with Gasteiger partial charge >= 0.3 is 11.9 Å². The van der Waals surface area contributed by atoms with E-state index >= 15 is 0 Å². The molecular weight excluding hydrogens is 274 g/mol. The number of rotatable bonds is 6. The van der Waals surface area contributed by atoms with Gasteiger partial charge in [0.25, 0.3) is 5.91 Å². The Morgan fingerprint density at radius 2 is 1.76 bits per heavy atom. The second-order valence-electron chi connectivity index (χ2n) is 4.77. The molecule has 1 atom stereocenters. The summed E-state index contributed by atoms with van der Waals surface area (Å²) in [6.45, 7) is 9.88. The molecule has 6 heteroatoms. The van der Waals surface area contributed by atoms with Crippen molar-refractivity contribution in [3.63, 3.8) is 0 Å². The maximum absolute atomic E-state index is 12.7. The fraction of sp³-hybridized carbons (Fsp3) is 0.667. The van der Waals surface area contributed by atoms with E-state index in [0.717, 1.165) is 0 Å². The Balaban J connectivity index is 3.29. The van der Waals surface area contributed by atoms with E-state index in [9.17, 15) is 14.4 Å². The van der Waals surface area contributed by atoms with Crippen molar-refractivity contribution in [3.8, 4) is 0 Å². The third-order valence-electron chi connectivity index (χ3n) is 3.83. The average Bonchev–Trinajstić information content (AvgIpc) is 2.72. The van der Waals surface area contributed by atoms with Gasteiger partial charge in [-0.05, 0) is 34.1 Å². The third-order valence-corrected chi connectivity index (χ3v) is 3.83. The molecule has 0 bridgehead atoms. The van der Waals surface area contributed by atoms with Gasteiger partial charge in [0.05, 0.1) is 6.61 Å². The highest BCUT2D eigenvalue weighted by Crippen LogP contribution is 2.37. The fourth-order valence-electron chi connectivity index (χ4n) is 2.54. The maximum atomic E-state index is 12.7. The zero-order chi connectivity index (χ0) is 16.2. The van der Waals surface area contributed by atoms with Gasteiger partial charge in [-0.15, -0.1) is 0 Å². The van der Waals surface area contributed by atoms with Crippen molar-refractivity contribution in [2.24, 2.45) is 0 Å². The van der Waals surface area contributed by atoms with E-state index in [2.05, 4.69) is 0 Å². The molecule has 1 rings (SSSR count). The largest absolute Gasteiger partial charge is 0.462 e. The predicted molar refractivity (Wildman–Crippen MR) is 76.4 cm³/mol. The van der Waals surface area contributed by atoms with Crippen molar-refractivity contribution in [2.45, 2.75) is 46.6 Å². The minimum atomic E-state index is -1.38. The van der Waals surface area contributed by atoms with Gasteiger partial charge in [-0.25, -0.2) is 9.59 Å². The lowest BCUT2D eigenvalue weighted by atomic mass is 9.89. The maximum Gasteiger partial charge on any atom is 0.347 e. The quantitative estimate of drug-likeness (QED) is 0.548. The molecule has 0 aliphatic carbocycles. The topological polar surface area (TPSA) is 72.9 Å². The van der Waals surface area contributed by atoms with Crippen LogP contribution in [0.1, 0.15) is 41.0 Å². The van der Waals surface area contributed by atoms with Crippen LogP contribution in [-0.4, -0.2) is 48.0 Å². The van der Waals surface area contributed by atoms with Crippen LogP contribution in [0, 0.1) is 0 Å². The summed E-state index contributed by atoms with van der Waals surface area (Å²) in [6.07, 6.45) is 0.281. The lowest BCUT2D eigenvalue weighted by molar-refractivity contribution is -0.164. The Morgan fingerprint density at radius 1 is 1.19 bits per heavy atom. The second-order valence-corrected chi connectivity index (χ2v) is 4.77. The molecule has 1 heterocycles. The smallest absolute Gasteiger partial charge is 0.347 e. The first-order valence-electron chi connectivity index (χ1n) is 7.30. The number of hydrogen-bond acceptors (Lipinski definition) is 5. The van der Waals surface area contributed by atoms with Crippen molar-refractivity contribution < 1.29 is 23.9 Å². The normalized spacial score (nSPS) is 21.3. The van der Waals surface area contributed by atoms with E-state index in [0.29, 0.717) is 18.7 Å². The molecule has 0 radical (unpaired) electrons. The molecule has 0 fully saturated rings. The van der Waals surface area contributed by atoms with E-state index in [-0.39, 0.29) is 24.5 Å². The number of likely N-dealkylation sites (N-methyl/N-ethyl adjacent to an activating group) is 1. The van der Waals surface area contributed by atoms with Crippen molar-refractivity contribution in [1.29, 1.82) is 0 Å². The SMILES string of the molecule is CCOC(=O)C1=C(C)[C@](CC)(C(=O)N(CC)CC)OC1=O. The Kier molecular flexibility index (Phi) is 5.52. The third kappa shape index (κ3) is 2.80. The molecule has 0 saturated heterocycles. The van der Waals surface area contributed by atoms with E-state index in [4.69, 9.17) is 9.47 Å². The summed E-state index contributed by atoms with van der Waals surface area (Å²) in [5.41, 5.74) is -1.20. The summed E-state index contributed by atoms with van der Waals surface area (Å²) in [5, 5.41) is 0. The number of nitrogens with zero attached hydrogens (tertiary/aromatic N) is 1. The van der Waals surface area contributed by atoms with Crippen LogP contribution >= 0.6 is 0 Å². The highest BCUT2D eigenvalue weighted by atomic mass is 16.6. The zero-order valence-corrected chi connectivity index (χ0v) is 13.3. The van der Waals surface area contributed by atoms with Crippen LogP contribution in [0.5, 0.6) is 0 Å². The number of cyclic esters (lactones) is 1. The van der Waals surface area contributed by atoms with Crippen LogP contribution in [0.2, 0.25) is 0 Å². The Labute approximate surface area is 125 Å². The zero-order valence-electron chi connectivity index (χ0n) is 13.3. The van der Waals surface area contributed by atoms with E-state index in [1.807, 2.05) is 13.8 Å². The highest BCUT2D eigenvalue weighted by molar-refractivity contribution is 6.18. The molecule has 0 aromatic rings. The number of carbonyl (C=O) groups excluding carboxylic acids is 3. The predicted octanol–water partition coefficient (Wildman–Crippen LogP) is 1.44. The minimum absolute atomic E-state index is 0.154. The number of hydrogen-bond donors (Lipinski definition) is 0. The van der Waals surface area contributed by atoms with Crippen LogP contribution in [0.25, 0.3) is 0 Å². The van der Waals surface area contributed by atoms with Gasteiger partial charge in [-0.3, -0.25) is 4.79 Å². The van der Waals surface area contributed by atoms with Gasteiger partial charge in [0.1, 0.15) is 5.57 Å². The van der Waals surface area contributed by atoms with E-state index in [1.54, 1.807) is 25.7 Å². The molecule has 1 aliphatic rings. The lowest BCUT2D eigenvalue weighted by Crippen LogP contribution is -2.50. The minimum Gasteiger partial charge on any atom is -0.462 e. The van der Waals surface area contributed by atoms with Gasteiger partial charge in [-0.2, -0.15) is 0 Å². The molecule has 0 spiro atoms. The van der Waals surface area contributed by atoms with Crippen LogP contribution in [-0.2, 0) is 23.9 Å². The van der Waals surface area contributed by atoms with Gasteiger partial charge in [0.2, 0.25) is 5.60 Å². The van der Waals surface area contributed by atoms with Gasteiger partial charge in [-0.1, -0.05) is 6.92 Å². The molecule has 0 aromatic carbocycles. The first kappa shape index (κ1) is 17.2. The van der Waals surface area contributed by atoms with Crippen molar-refractivity contribution in [3.05, 3.63) is 11.1 Å². The summed E-state index contributed by atoms with van der Waals surface area (Å²) in [6, 6.07) is 0. The molecule has 0 N–H and O–H groups in total. The van der Waals surface area contributed by atoms with Crippen molar-refractivity contribution >= 4 is 17.8 Å². The summed E-state index contributed by atoms with van der Waals surface area (Å²) in [5.74, 6) is -1.81. The number of carbonyl (C=O) groups is 3. The van der Waals surface area contributed by atoms with Crippen molar-refractivity contribution in [1.82, 2.24) is 4.90 Å². The Morgan fingerprint density at radius 3 is 2.19 bits per heavy atom. The average molecular weight is 297 g/mol. The molecule has 0 aromatic heterocycles.